The fourth-order valence-electron chi connectivity index (χ4n) is 4.91. The van der Waals surface area contributed by atoms with E-state index < -0.39 is 0 Å². The lowest BCUT2D eigenvalue weighted by atomic mass is 9.83. The van der Waals surface area contributed by atoms with Crippen LogP contribution in [0.3, 0.4) is 0 Å². The maximum atomic E-state index is 6.46. The van der Waals surface area contributed by atoms with E-state index in [2.05, 4.69) is 51.6 Å². The van der Waals surface area contributed by atoms with E-state index in [-0.39, 0.29) is 12.5 Å². The van der Waals surface area contributed by atoms with Gasteiger partial charge in [-0.05, 0) is 17.0 Å². The van der Waals surface area contributed by atoms with Crippen molar-refractivity contribution in [2.24, 2.45) is 5.16 Å². The van der Waals surface area contributed by atoms with Gasteiger partial charge in [-0.15, -0.1) is 5.10 Å². The monoisotopic (exact) mass is 517 g/mol. The maximum Gasteiger partial charge on any atom is 0.228 e. The van der Waals surface area contributed by atoms with Crippen LogP contribution in [-0.2, 0) is 11.4 Å². The van der Waals surface area contributed by atoms with Crippen LogP contribution in [0.1, 0.15) is 34.0 Å². The first-order valence-electron chi connectivity index (χ1n) is 12.1. The number of hydrogen-bond acceptors (Lipinski definition) is 6. The number of nitrogens with zero attached hydrogens (tertiary/aromatic N) is 5. The third-order valence-electron chi connectivity index (χ3n) is 6.64. The molecular formula is C30H20ClN5O2. The van der Waals surface area contributed by atoms with Crippen molar-refractivity contribution in [3.63, 3.8) is 0 Å². The fraction of sp³-hybridized carbons (Fsp3) is 0.0667. The summed E-state index contributed by atoms with van der Waals surface area (Å²) in [7, 11) is 0. The van der Waals surface area contributed by atoms with Gasteiger partial charge in [0, 0.05) is 27.5 Å². The number of aromatic nitrogens is 4. The van der Waals surface area contributed by atoms with E-state index in [1.165, 1.54) is 0 Å². The molecule has 0 aliphatic carbocycles. The molecule has 1 aliphatic rings. The summed E-state index contributed by atoms with van der Waals surface area (Å²) in [6, 6.07) is 30.2. The Bertz CT molecular complexity index is 1830. The van der Waals surface area contributed by atoms with Crippen LogP contribution in [0.4, 0.5) is 0 Å². The van der Waals surface area contributed by atoms with Crippen LogP contribution >= 0.6 is 11.6 Å². The number of fused-ring (bicyclic) bond motifs is 6. The number of halogens is 1. The van der Waals surface area contributed by atoms with Crippen molar-refractivity contribution in [3.8, 4) is 11.6 Å². The van der Waals surface area contributed by atoms with Gasteiger partial charge in [-0.25, -0.2) is 14.5 Å². The second-order valence-corrected chi connectivity index (χ2v) is 9.35. The Morgan fingerprint density at radius 3 is 2.66 bits per heavy atom. The lowest BCUT2D eigenvalue weighted by Crippen LogP contribution is -2.15. The van der Waals surface area contributed by atoms with Gasteiger partial charge in [-0.2, -0.15) is 0 Å². The summed E-state index contributed by atoms with van der Waals surface area (Å²) >= 11 is 6.18. The van der Waals surface area contributed by atoms with Gasteiger partial charge in [0.2, 0.25) is 5.88 Å². The Hall–Kier alpha value is -4.75. The third kappa shape index (κ3) is 3.84. The molecule has 0 radical (unpaired) electrons. The van der Waals surface area contributed by atoms with E-state index in [9.17, 15) is 0 Å². The predicted octanol–water partition coefficient (Wildman–Crippen LogP) is 6.77. The van der Waals surface area contributed by atoms with Gasteiger partial charge in [0.25, 0.3) is 0 Å². The Balaban J connectivity index is 1.29. The summed E-state index contributed by atoms with van der Waals surface area (Å²) in [5.74, 6) is 1.68. The normalized spacial score (nSPS) is 14.4. The third-order valence-corrected chi connectivity index (χ3v) is 6.98. The zero-order valence-corrected chi connectivity index (χ0v) is 20.8. The molecule has 0 saturated heterocycles. The molecule has 38 heavy (non-hydrogen) atoms. The van der Waals surface area contributed by atoms with E-state index >= 15 is 0 Å². The standard InChI is InChI=1S/C30H20ClN5O2/c31-24-13-7-5-11-21(24)16-33-37-17-25-34-29-27-26(20-9-2-1-3-10-20)23-15-14-19-8-4-6-12-22(19)28(23)38-30(27)32-18-36(29)35-25/h1-16,18,26H,17H2/b33-16-/t26-/m1/s1. The summed E-state index contributed by atoms with van der Waals surface area (Å²) in [4.78, 5) is 14.9. The van der Waals surface area contributed by atoms with E-state index in [1.54, 1.807) is 23.1 Å². The molecule has 0 amide bonds. The highest BCUT2D eigenvalue weighted by Gasteiger charge is 2.34. The molecule has 0 N–H and O–H groups in total. The molecule has 0 spiro atoms. The molecule has 4 aromatic carbocycles. The van der Waals surface area contributed by atoms with Gasteiger partial charge in [-0.1, -0.05) is 102 Å². The highest BCUT2D eigenvalue weighted by Crippen LogP contribution is 2.50. The molecule has 1 aliphatic heterocycles. The zero-order chi connectivity index (χ0) is 25.5. The fourth-order valence-corrected chi connectivity index (χ4v) is 5.10. The molecule has 7 rings (SSSR count). The molecule has 2 aromatic heterocycles. The van der Waals surface area contributed by atoms with Gasteiger partial charge >= 0.3 is 0 Å². The van der Waals surface area contributed by atoms with Gasteiger partial charge < -0.3 is 9.57 Å². The smallest absolute Gasteiger partial charge is 0.228 e. The molecule has 0 fully saturated rings. The summed E-state index contributed by atoms with van der Waals surface area (Å²) < 4.78 is 8.13. The molecule has 1 atom stereocenters. The Morgan fingerprint density at radius 2 is 1.76 bits per heavy atom. The highest BCUT2D eigenvalue weighted by molar-refractivity contribution is 6.33. The quantitative estimate of drug-likeness (QED) is 0.186. The average Bonchev–Trinajstić information content (AvgIpc) is 3.39. The topological polar surface area (TPSA) is 73.9 Å². The van der Waals surface area contributed by atoms with Crippen molar-refractivity contribution in [1.82, 2.24) is 19.6 Å². The lowest BCUT2D eigenvalue weighted by Gasteiger charge is -2.28. The SMILES string of the molecule is Clc1ccccc1/C=N\OCc1nc2c3c(ncn2n1)Oc1c(ccc2ccccc12)[C@H]3c1ccccc1. The highest BCUT2D eigenvalue weighted by atomic mass is 35.5. The molecule has 7 nitrogen and oxygen atoms in total. The van der Waals surface area contributed by atoms with Crippen molar-refractivity contribution >= 4 is 34.2 Å². The van der Waals surface area contributed by atoms with Crippen LogP contribution in [0.2, 0.25) is 5.02 Å². The van der Waals surface area contributed by atoms with Crippen LogP contribution in [-0.4, -0.2) is 25.8 Å². The molecule has 8 heteroatoms. The van der Waals surface area contributed by atoms with Crippen molar-refractivity contribution in [1.29, 1.82) is 0 Å². The van der Waals surface area contributed by atoms with Gasteiger partial charge in [0.1, 0.15) is 12.1 Å². The average molecular weight is 518 g/mol. The molecule has 0 bridgehead atoms. The number of ether oxygens (including phenoxy) is 1. The molecule has 6 aromatic rings. The number of oxime groups is 1. The first kappa shape index (κ1) is 22.4. The number of rotatable bonds is 5. The van der Waals surface area contributed by atoms with E-state index in [0.29, 0.717) is 22.4 Å². The lowest BCUT2D eigenvalue weighted by molar-refractivity contribution is 0.126. The molecule has 3 heterocycles. The summed E-state index contributed by atoms with van der Waals surface area (Å²) in [6.45, 7) is 0.0927. The molecular weight excluding hydrogens is 498 g/mol. The van der Waals surface area contributed by atoms with Crippen LogP contribution in [0, 0.1) is 0 Å². The molecule has 0 saturated carbocycles. The first-order chi connectivity index (χ1) is 18.8. The van der Waals surface area contributed by atoms with Crippen molar-refractivity contribution in [2.75, 3.05) is 0 Å². The minimum atomic E-state index is -0.132. The van der Waals surface area contributed by atoms with Crippen molar-refractivity contribution in [3.05, 3.63) is 130 Å². The molecule has 184 valence electrons. The van der Waals surface area contributed by atoms with Crippen LogP contribution in [0.5, 0.6) is 11.6 Å². The Morgan fingerprint density at radius 1 is 0.947 bits per heavy atom. The number of benzene rings is 4. The van der Waals surface area contributed by atoms with Crippen LogP contribution in [0.25, 0.3) is 16.4 Å². The summed E-state index contributed by atoms with van der Waals surface area (Å²) in [6.07, 6.45) is 3.19. The number of hydrogen-bond donors (Lipinski definition) is 0. The summed E-state index contributed by atoms with van der Waals surface area (Å²) in [5.41, 5.74) is 4.47. The van der Waals surface area contributed by atoms with Crippen LogP contribution < -0.4 is 4.74 Å². The minimum Gasteiger partial charge on any atom is -0.438 e. The Kier molecular flexibility index (Phi) is 5.48. The van der Waals surface area contributed by atoms with E-state index in [0.717, 1.165) is 38.8 Å². The maximum absolute atomic E-state index is 6.46. The van der Waals surface area contributed by atoms with Gasteiger partial charge in [0.15, 0.2) is 18.1 Å². The second kappa shape index (κ2) is 9.28. The Labute approximate surface area is 222 Å². The van der Waals surface area contributed by atoms with Crippen molar-refractivity contribution < 1.29 is 9.57 Å². The minimum absolute atomic E-state index is 0.0927. The summed E-state index contributed by atoms with van der Waals surface area (Å²) in [5, 5.41) is 11.4. The van der Waals surface area contributed by atoms with E-state index in [4.69, 9.17) is 26.2 Å². The van der Waals surface area contributed by atoms with E-state index in [1.807, 2.05) is 48.5 Å². The van der Waals surface area contributed by atoms with Crippen LogP contribution in [0.15, 0.2) is 102 Å². The predicted molar refractivity (Wildman–Crippen MR) is 146 cm³/mol. The largest absolute Gasteiger partial charge is 0.438 e. The molecule has 0 unspecified atom stereocenters. The second-order valence-electron chi connectivity index (χ2n) is 8.94. The first-order valence-corrected chi connectivity index (χ1v) is 12.5. The van der Waals surface area contributed by atoms with Crippen molar-refractivity contribution in [2.45, 2.75) is 12.5 Å². The zero-order valence-electron chi connectivity index (χ0n) is 20.0. The van der Waals surface area contributed by atoms with Gasteiger partial charge in [-0.3, -0.25) is 0 Å². The van der Waals surface area contributed by atoms with Gasteiger partial charge in [0.05, 0.1) is 11.8 Å².